The van der Waals surface area contributed by atoms with E-state index in [9.17, 15) is 0 Å². The molecular weight excluding hydrogens is 218 g/mol. The molecule has 0 radical (unpaired) electrons. The first-order valence-electron chi connectivity index (χ1n) is 7.42. The molecule has 1 saturated carbocycles. The van der Waals surface area contributed by atoms with E-state index < -0.39 is 0 Å². The summed E-state index contributed by atoms with van der Waals surface area (Å²) in [5.41, 5.74) is 2.70. The van der Waals surface area contributed by atoms with Crippen LogP contribution in [0.3, 0.4) is 0 Å². The average molecular weight is 245 g/mol. The fraction of sp³-hybridized carbons (Fsp3) is 0.647. The van der Waals surface area contributed by atoms with Crippen LogP contribution in [0.5, 0.6) is 0 Å². The summed E-state index contributed by atoms with van der Waals surface area (Å²) in [7, 11) is 0. The van der Waals surface area contributed by atoms with Crippen LogP contribution in [0.15, 0.2) is 24.3 Å². The van der Waals surface area contributed by atoms with Crippen molar-refractivity contribution in [1.29, 1.82) is 0 Å². The maximum Gasteiger partial charge on any atom is 0.0342 e. The standard InChI is InChI=1S/C17H27N/c1-12(2)15-7-9-16(10-8-15)18-17-11-13(3)5-6-14(17)4/h7-10,12-14,17-18H,5-6,11H2,1-4H3. The van der Waals surface area contributed by atoms with Gasteiger partial charge in [-0.3, -0.25) is 0 Å². The molecule has 1 heteroatoms. The van der Waals surface area contributed by atoms with Gasteiger partial charge in [-0.15, -0.1) is 0 Å². The summed E-state index contributed by atoms with van der Waals surface area (Å²) in [4.78, 5) is 0. The lowest BCUT2D eigenvalue weighted by molar-refractivity contribution is 0.281. The molecule has 0 aliphatic heterocycles. The zero-order valence-corrected chi connectivity index (χ0v) is 12.2. The van der Waals surface area contributed by atoms with E-state index in [2.05, 4.69) is 57.3 Å². The van der Waals surface area contributed by atoms with Gasteiger partial charge in [-0.25, -0.2) is 0 Å². The molecule has 0 saturated heterocycles. The van der Waals surface area contributed by atoms with Crippen molar-refractivity contribution in [2.24, 2.45) is 11.8 Å². The lowest BCUT2D eigenvalue weighted by Gasteiger charge is -2.34. The quantitative estimate of drug-likeness (QED) is 0.786. The Morgan fingerprint density at radius 3 is 2.33 bits per heavy atom. The molecule has 18 heavy (non-hydrogen) atoms. The number of hydrogen-bond acceptors (Lipinski definition) is 1. The van der Waals surface area contributed by atoms with Crippen molar-refractivity contribution in [3.05, 3.63) is 29.8 Å². The van der Waals surface area contributed by atoms with Crippen LogP contribution in [0.25, 0.3) is 0 Å². The molecule has 1 N–H and O–H groups in total. The Bertz CT molecular complexity index is 366. The highest BCUT2D eigenvalue weighted by Gasteiger charge is 2.25. The molecule has 1 aliphatic rings. The van der Waals surface area contributed by atoms with Gasteiger partial charge in [0.2, 0.25) is 0 Å². The van der Waals surface area contributed by atoms with Crippen LogP contribution in [-0.2, 0) is 0 Å². The highest BCUT2D eigenvalue weighted by Crippen LogP contribution is 2.30. The average Bonchev–Trinajstić information content (AvgIpc) is 2.34. The number of anilines is 1. The minimum atomic E-state index is 0.618. The topological polar surface area (TPSA) is 12.0 Å². The third kappa shape index (κ3) is 3.28. The van der Waals surface area contributed by atoms with Crippen LogP contribution >= 0.6 is 0 Å². The predicted molar refractivity (Wildman–Crippen MR) is 80.1 cm³/mol. The Morgan fingerprint density at radius 1 is 1.06 bits per heavy atom. The summed E-state index contributed by atoms with van der Waals surface area (Å²) in [5, 5.41) is 3.73. The largest absolute Gasteiger partial charge is 0.382 e. The third-order valence-corrected chi connectivity index (χ3v) is 4.39. The van der Waals surface area contributed by atoms with Gasteiger partial charge in [0.15, 0.2) is 0 Å². The van der Waals surface area contributed by atoms with E-state index in [4.69, 9.17) is 0 Å². The Hall–Kier alpha value is -0.980. The SMILES string of the molecule is CC1CCC(C)C(Nc2ccc(C(C)C)cc2)C1. The molecule has 0 heterocycles. The van der Waals surface area contributed by atoms with Crippen molar-refractivity contribution in [1.82, 2.24) is 0 Å². The number of benzene rings is 1. The molecule has 1 aliphatic carbocycles. The maximum atomic E-state index is 3.73. The fourth-order valence-electron chi connectivity index (χ4n) is 2.91. The van der Waals surface area contributed by atoms with Gasteiger partial charge in [-0.05, 0) is 48.3 Å². The van der Waals surface area contributed by atoms with E-state index >= 15 is 0 Å². The summed E-state index contributed by atoms with van der Waals surface area (Å²) in [6.45, 7) is 9.25. The zero-order valence-electron chi connectivity index (χ0n) is 12.2. The monoisotopic (exact) mass is 245 g/mol. The second-order valence-electron chi connectivity index (χ2n) is 6.42. The molecule has 3 unspecified atom stereocenters. The van der Waals surface area contributed by atoms with Gasteiger partial charge in [0, 0.05) is 11.7 Å². The molecule has 1 fully saturated rings. The minimum absolute atomic E-state index is 0.618. The second-order valence-corrected chi connectivity index (χ2v) is 6.42. The molecule has 3 atom stereocenters. The Kier molecular flexibility index (Phi) is 4.31. The van der Waals surface area contributed by atoms with E-state index in [0.29, 0.717) is 12.0 Å². The van der Waals surface area contributed by atoms with Crippen LogP contribution in [0.1, 0.15) is 58.4 Å². The van der Waals surface area contributed by atoms with Crippen LogP contribution in [0.2, 0.25) is 0 Å². The molecule has 0 bridgehead atoms. The van der Waals surface area contributed by atoms with E-state index in [1.54, 1.807) is 0 Å². The van der Waals surface area contributed by atoms with E-state index in [0.717, 1.165) is 11.8 Å². The van der Waals surface area contributed by atoms with Crippen molar-refractivity contribution in [3.8, 4) is 0 Å². The summed E-state index contributed by atoms with van der Waals surface area (Å²) < 4.78 is 0. The molecule has 1 aromatic rings. The van der Waals surface area contributed by atoms with E-state index in [1.165, 1.54) is 30.5 Å². The van der Waals surface area contributed by atoms with Gasteiger partial charge in [-0.1, -0.05) is 46.2 Å². The van der Waals surface area contributed by atoms with Gasteiger partial charge in [0.25, 0.3) is 0 Å². The van der Waals surface area contributed by atoms with Crippen LogP contribution in [0.4, 0.5) is 5.69 Å². The predicted octanol–water partition coefficient (Wildman–Crippen LogP) is 5.05. The lowest BCUT2D eigenvalue weighted by atomic mass is 9.80. The van der Waals surface area contributed by atoms with Crippen LogP contribution < -0.4 is 5.32 Å². The highest BCUT2D eigenvalue weighted by atomic mass is 14.9. The van der Waals surface area contributed by atoms with Gasteiger partial charge >= 0.3 is 0 Å². The molecule has 0 spiro atoms. The minimum Gasteiger partial charge on any atom is -0.382 e. The van der Waals surface area contributed by atoms with Gasteiger partial charge in [0.05, 0.1) is 0 Å². The summed E-state index contributed by atoms with van der Waals surface area (Å²) in [5.74, 6) is 2.28. The summed E-state index contributed by atoms with van der Waals surface area (Å²) >= 11 is 0. The van der Waals surface area contributed by atoms with Crippen molar-refractivity contribution >= 4 is 5.69 Å². The lowest BCUT2D eigenvalue weighted by Crippen LogP contribution is -2.33. The molecule has 1 aromatic carbocycles. The Morgan fingerprint density at radius 2 is 1.72 bits per heavy atom. The third-order valence-electron chi connectivity index (χ3n) is 4.39. The first-order chi connectivity index (χ1) is 8.56. The Labute approximate surface area is 112 Å². The molecule has 100 valence electrons. The van der Waals surface area contributed by atoms with Crippen molar-refractivity contribution in [2.75, 3.05) is 5.32 Å². The van der Waals surface area contributed by atoms with E-state index in [-0.39, 0.29) is 0 Å². The van der Waals surface area contributed by atoms with E-state index in [1.807, 2.05) is 0 Å². The number of nitrogens with one attached hydrogen (secondary N) is 1. The fourth-order valence-corrected chi connectivity index (χ4v) is 2.91. The number of rotatable bonds is 3. The molecule has 1 nitrogen and oxygen atoms in total. The van der Waals surface area contributed by atoms with Gasteiger partial charge < -0.3 is 5.32 Å². The molecule has 0 amide bonds. The summed E-state index contributed by atoms with van der Waals surface area (Å²) in [6.07, 6.45) is 4.07. The summed E-state index contributed by atoms with van der Waals surface area (Å²) in [6, 6.07) is 9.63. The van der Waals surface area contributed by atoms with Crippen LogP contribution in [0, 0.1) is 11.8 Å². The molecule has 0 aromatic heterocycles. The zero-order chi connectivity index (χ0) is 13.1. The van der Waals surface area contributed by atoms with Crippen molar-refractivity contribution in [2.45, 2.75) is 58.9 Å². The molecule has 2 rings (SSSR count). The normalized spacial score (nSPS) is 28.4. The second kappa shape index (κ2) is 5.77. The van der Waals surface area contributed by atoms with Crippen molar-refractivity contribution < 1.29 is 0 Å². The van der Waals surface area contributed by atoms with Gasteiger partial charge in [0.1, 0.15) is 0 Å². The molecular formula is C17H27N. The Balaban J connectivity index is 1.99. The van der Waals surface area contributed by atoms with Crippen molar-refractivity contribution in [3.63, 3.8) is 0 Å². The number of hydrogen-bond donors (Lipinski definition) is 1. The van der Waals surface area contributed by atoms with Crippen LogP contribution in [-0.4, -0.2) is 6.04 Å². The maximum absolute atomic E-state index is 3.73. The highest BCUT2D eigenvalue weighted by molar-refractivity contribution is 5.46. The first-order valence-corrected chi connectivity index (χ1v) is 7.42. The first kappa shape index (κ1) is 13.5. The smallest absolute Gasteiger partial charge is 0.0342 e. The van der Waals surface area contributed by atoms with Gasteiger partial charge in [-0.2, -0.15) is 0 Å².